The molecule has 1 aromatic heterocycles. The Morgan fingerprint density at radius 2 is 1.86 bits per heavy atom. The minimum Gasteiger partial charge on any atom is -0.496 e. The van der Waals surface area contributed by atoms with Crippen molar-refractivity contribution >= 4 is 5.97 Å². The largest absolute Gasteiger partial charge is 0.496 e. The summed E-state index contributed by atoms with van der Waals surface area (Å²) in [6.45, 7) is 7.35. The molecule has 0 saturated carbocycles. The molecule has 1 N–H and O–H groups in total. The molecule has 0 saturated heterocycles. The Morgan fingerprint density at radius 3 is 2.52 bits per heavy atom. The summed E-state index contributed by atoms with van der Waals surface area (Å²) in [6.07, 6.45) is 0. The second kappa shape index (κ2) is 8.82. The summed E-state index contributed by atoms with van der Waals surface area (Å²) < 4.78 is 13.2. The van der Waals surface area contributed by atoms with Crippen molar-refractivity contribution in [1.82, 2.24) is 9.78 Å². The van der Waals surface area contributed by atoms with Gasteiger partial charge in [-0.3, -0.25) is 4.68 Å². The molecule has 6 nitrogen and oxygen atoms in total. The lowest BCUT2D eigenvalue weighted by Crippen LogP contribution is -2.08. The minimum absolute atomic E-state index is 0.195. The summed E-state index contributed by atoms with van der Waals surface area (Å²) in [5, 5.41) is 14.2. The van der Waals surface area contributed by atoms with E-state index < -0.39 is 5.97 Å². The van der Waals surface area contributed by atoms with Crippen molar-refractivity contribution in [3.63, 3.8) is 0 Å². The van der Waals surface area contributed by atoms with Crippen LogP contribution in [-0.4, -0.2) is 34.6 Å². The van der Waals surface area contributed by atoms with Crippen LogP contribution in [0.25, 0.3) is 22.5 Å². The smallest absolute Gasteiger partial charge is 0.335 e. The molecule has 3 aromatic rings. The highest BCUT2D eigenvalue weighted by Gasteiger charge is 2.19. The Kier molecular flexibility index (Phi) is 6.22. The van der Waals surface area contributed by atoms with Gasteiger partial charge >= 0.3 is 5.97 Å². The molecular weight excluding hydrogens is 368 g/mol. The van der Waals surface area contributed by atoms with Crippen LogP contribution in [0.3, 0.4) is 0 Å². The van der Waals surface area contributed by atoms with E-state index in [0.717, 1.165) is 23.6 Å². The first-order valence-electron chi connectivity index (χ1n) is 9.66. The van der Waals surface area contributed by atoms with Gasteiger partial charge in [-0.25, -0.2) is 4.79 Å². The van der Waals surface area contributed by atoms with E-state index in [4.69, 9.17) is 14.6 Å². The van der Waals surface area contributed by atoms with Crippen LogP contribution in [0.4, 0.5) is 0 Å². The molecule has 2 aromatic carbocycles. The van der Waals surface area contributed by atoms with Gasteiger partial charge in [0.05, 0.1) is 30.7 Å². The molecule has 3 rings (SSSR count). The van der Waals surface area contributed by atoms with E-state index in [0.29, 0.717) is 29.5 Å². The number of methoxy groups -OCH3 is 1. The van der Waals surface area contributed by atoms with Gasteiger partial charge in [0.15, 0.2) is 0 Å². The highest BCUT2D eigenvalue weighted by atomic mass is 16.5. The molecule has 0 spiro atoms. The predicted molar refractivity (Wildman–Crippen MR) is 113 cm³/mol. The summed E-state index contributed by atoms with van der Waals surface area (Å²) >= 11 is 0. The number of para-hydroxylation sites is 1. The fourth-order valence-electron chi connectivity index (χ4n) is 3.25. The fraction of sp³-hybridized carbons (Fsp3) is 0.304. The van der Waals surface area contributed by atoms with E-state index in [2.05, 4.69) is 13.8 Å². The van der Waals surface area contributed by atoms with Crippen LogP contribution >= 0.6 is 0 Å². The first kappa shape index (κ1) is 20.5. The van der Waals surface area contributed by atoms with Crippen molar-refractivity contribution in [2.45, 2.75) is 27.3 Å². The fourth-order valence-corrected chi connectivity index (χ4v) is 3.25. The Morgan fingerprint density at radius 1 is 1.10 bits per heavy atom. The van der Waals surface area contributed by atoms with Gasteiger partial charge in [0.25, 0.3) is 0 Å². The molecule has 0 fully saturated rings. The first-order valence-corrected chi connectivity index (χ1v) is 9.66. The SMILES string of the molecule is CCOc1ccc(C(=O)O)cc1-c1cc(-c2ccccc2OC)n(CC(C)C)n1. The monoisotopic (exact) mass is 394 g/mol. The number of ether oxygens (including phenoxy) is 2. The second-order valence-corrected chi connectivity index (χ2v) is 7.14. The number of aromatic carboxylic acids is 1. The summed E-state index contributed by atoms with van der Waals surface area (Å²) in [7, 11) is 1.65. The van der Waals surface area contributed by atoms with Crippen LogP contribution in [-0.2, 0) is 6.54 Å². The first-order chi connectivity index (χ1) is 13.9. The zero-order valence-electron chi connectivity index (χ0n) is 17.2. The molecule has 0 aliphatic rings. The lowest BCUT2D eigenvalue weighted by molar-refractivity contribution is 0.0697. The van der Waals surface area contributed by atoms with Gasteiger partial charge in [-0.1, -0.05) is 26.0 Å². The Hall–Kier alpha value is -3.28. The van der Waals surface area contributed by atoms with Gasteiger partial charge in [0, 0.05) is 17.7 Å². The highest BCUT2D eigenvalue weighted by Crippen LogP contribution is 2.36. The normalized spacial score (nSPS) is 10.9. The van der Waals surface area contributed by atoms with Crippen LogP contribution in [0.1, 0.15) is 31.1 Å². The number of aromatic nitrogens is 2. The van der Waals surface area contributed by atoms with Crippen LogP contribution in [0.2, 0.25) is 0 Å². The number of carboxylic acid groups (broad SMARTS) is 1. The van der Waals surface area contributed by atoms with Crippen LogP contribution in [0.15, 0.2) is 48.5 Å². The molecule has 0 aliphatic carbocycles. The van der Waals surface area contributed by atoms with Crippen LogP contribution in [0.5, 0.6) is 11.5 Å². The molecule has 0 unspecified atom stereocenters. The van der Waals surface area contributed by atoms with Crippen molar-refractivity contribution in [1.29, 1.82) is 0 Å². The van der Waals surface area contributed by atoms with Crippen molar-refractivity contribution < 1.29 is 19.4 Å². The number of hydrogen-bond donors (Lipinski definition) is 1. The summed E-state index contributed by atoms with van der Waals surface area (Å²) in [5.41, 5.74) is 3.36. The third-order valence-electron chi connectivity index (χ3n) is 4.50. The van der Waals surface area contributed by atoms with Gasteiger partial charge < -0.3 is 14.6 Å². The van der Waals surface area contributed by atoms with E-state index in [1.54, 1.807) is 25.3 Å². The average Bonchev–Trinajstić information content (AvgIpc) is 3.11. The van der Waals surface area contributed by atoms with Crippen LogP contribution < -0.4 is 9.47 Å². The standard InChI is InChI=1S/C23H26N2O4/c1-5-29-22-11-10-16(23(26)27)12-18(22)19-13-20(25(24-19)14-15(2)3)17-8-6-7-9-21(17)28-4/h6-13,15H,5,14H2,1-4H3,(H,26,27). The number of carbonyl (C=O) groups is 1. The second-order valence-electron chi connectivity index (χ2n) is 7.14. The maximum absolute atomic E-state index is 11.5. The maximum Gasteiger partial charge on any atom is 0.335 e. The number of hydrogen-bond acceptors (Lipinski definition) is 4. The molecule has 6 heteroatoms. The highest BCUT2D eigenvalue weighted by molar-refractivity contribution is 5.90. The van der Waals surface area contributed by atoms with Gasteiger partial charge in [-0.2, -0.15) is 5.10 Å². The number of nitrogens with zero attached hydrogens (tertiary/aromatic N) is 2. The van der Waals surface area contributed by atoms with E-state index in [-0.39, 0.29) is 5.56 Å². The summed E-state index contributed by atoms with van der Waals surface area (Å²) in [4.78, 5) is 11.5. The van der Waals surface area contributed by atoms with Gasteiger partial charge in [0.2, 0.25) is 0 Å². The zero-order valence-corrected chi connectivity index (χ0v) is 17.2. The Labute approximate surface area is 170 Å². The average molecular weight is 394 g/mol. The molecule has 0 radical (unpaired) electrons. The lowest BCUT2D eigenvalue weighted by Gasteiger charge is -2.12. The predicted octanol–water partition coefficient (Wildman–Crippen LogP) is 4.98. The topological polar surface area (TPSA) is 73.6 Å². The van der Waals surface area contributed by atoms with E-state index in [1.807, 2.05) is 41.9 Å². The molecule has 0 aliphatic heterocycles. The molecule has 1 heterocycles. The minimum atomic E-state index is -0.985. The van der Waals surface area contributed by atoms with E-state index in [9.17, 15) is 9.90 Å². The van der Waals surface area contributed by atoms with Crippen molar-refractivity contribution in [3.05, 3.63) is 54.1 Å². The molecule has 152 valence electrons. The van der Waals surface area contributed by atoms with Gasteiger partial charge in [-0.05, 0) is 49.2 Å². The van der Waals surface area contributed by atoms with Crippen molar-refractivity contribution in [2.75, 3.05) is 13.7 Å². The van der Waals surface area contributed by atoms with E-state index in [1.165, 1.54) is 0 Å². The third kappa shape index (κ3) is 4.42. The molecule has 0 bridgehead atoms. The molecule has 0 amide bonds. The van der Waals surface area contributed by atoms with E-state index >= 15 is 0 Å². The Bertz CT molecular complexity index is 1010. The quantitative estimate of drug-likeness (QED) is 0.583. The van der Waals surface area contributed by atoms with Crippen LogP contribution in [0, 0.1) is 5.92 Å². The zero-order chi connectivity index (χ0) is 21.0. The number of carboxylic acids is 1. The summed E-state index contributed by atoms with van der Waals surface area (Å²) in [5.74, 6) is 0.764. The lowest BCUT2D eigenvalue weighted by atomic mass is 10.0. The third-order valence-corrected chi connectivity index (χ3v) is 4.50. The molecular formula is C23H26N2O4. The van der Waals surface area contributed by atoms with Gasteiger partial charge in [-0.15, -0.1) is 0 Å². The van der Waals surface area contributed by atoms with Gasteiger partial charge in [0.1, 0.15) is 11.5 Å². The number of benzene rings is 2. The number of rotatable bonds is 8. The van der Waals surface area contributed by atoms with Crippen molar-refractivity contribution in [3.8, 4) is 34.0 Å². The van der Waals surface area contributed by atoms with Crippen molar-refractivity contribution in [2.24, 2.45) is 5.92 Å². The molecule has 0 atom stereocenters. The Balaban J connectivity index is 2.20. The summed E-state index contributed by atoms with van der Waals surface area (Å²) in [6, 6.07) is 14.6. The molecule has 29 heavy (non-hydrogen) atoms. The maximum atomic E-state index is 11.5.